The fourth-order valence-electron chi connectivity index (χ4n) is 3.35. The molecular formula is C15H25N3O3S. The number of nitrogens with zero attached hydrogens (tertiary/aromatic N) is 3. The van der Waals surface area contributed by atoms with Crippen LogP contribution in [0.4, 0.5) is 4.79 Å². The summed E-state index contributed by atoms with van der Waals surface area (Å²) < 4.78 is 5.38. The second-order valence-corrected chi connectivity index (χ2v) is 7.32. The quantitative estimate of drug-likeness (QED) is 0.762. The monoisotopic (exact) mass is 327 g/mol. The normalized spacial score (nSPS) is 25.0. The summed E-state index contributed by atoms with van der Waals surface area (Å²) >= 11 is 1.31. The van der Waals surface area contributed by atoms with Gasteiger partial charge in [0.1, 0.15) is 6.54 Å². The first-order valence-corrected chi connectivity index (χ1v) is 9.20. The van der Waals surface area contributed by atoms with Crippen molar-refractivity contribution in [2.75, 3.05) is 64.8 Å². The number of piperidine rings is 1. The molecule has 0 aromatic rings. The van der Waals surface area contributed by atoms with E-state index in [2.05, 4.69) is 4.90 Å². The summed E-state index contributed by atoms with van der Waals surface area (Å²) in [6, 6.07) is 0. The van der Waals surface area contributed by atoms with Crippen LogP contribution in [0.15, 0.2) is 0 Å². The van der Waals surface area contributed by atoms with Crippen LogP contribution in [0.3, 0.4) is 0 Å². The molecule has 0 bridgehead atoms. The van der Waals surface area contributed by atoms with E-state index in [1.807, 2.05) is 4.90 Å². The van der Waals surface area contributed by atoms with Crippen molar-refractivity contribution in [3.05, 3.63) is 0 Å². The van der Waals surface area contributed by atoms with Crippen LogP contribution in [0.1, 0.15) is 12.8 Å². The van der Waals surface area contributed by atoms with Crippen LogP contribution in [0.2, 0.25) is 0 Å². The highest BCUT2D eigenvalue weighted by Gasteiger charge is 2.28. The fraction of sp³-hybridized carbons (Fsp3) is 0.867. The Bertz CT molecular complexity index is 407. The third kappa shape index (κ3) is 4.14. The van der Waals surface area contributed by atoms with Crippen molar-refractivity contribution >= 4 is 22.9 Å². The third-order valence-electron chi connectivity index (χ3n) is 4.76. The lowest BCUT2D eigenvalue weighted by Crippen LogP contribution is -2.46. The summed E-state index contributed by atoms with van der Waals surface area (Å²) in [6.07, 6.45) is 2.15. The largest absolute Gasteiger partial charge is 0.379 e. The Kier molecular flexibility index (Phi) is 5.60. The van der Waals surface area contributed by atoms with E-state index in [4.69, 9.17) is 4.74 Å². The highest BCUT2D eigenvalue weighted by molar-refractivity contribution is 8.13. The van der Waals surface area contributed by atoms with Crippen LogP contribution in [0.5, 0.6) is 0 Å². The minimum atomic E-state index is 0.0514. The van der Waals surface area contributed by atoms with Crippen LogP contribution in [-0.2, 0) is 9.53 Å². The third-order valence-corrected chi connectivity index (χ3v) is 5.65. The number of likely N-dealkylation sites (tertiary alicyclic amines) is 1. The van der Waals surface area contributed by atoms with Crippen LogP contribution in [0, 0.1) is 5.92 Å². The van der Waals surface area contributed by atoms with Crippen molar-refractivity contribution < 1.29 is 14.3 Å². The minimum Gasteiger partial charge on any atom is -0.379 e. The molecular weight excluding hydrogens is 302 g/mol. The van der Waals surface area contributed by atoms with Crippen molar-refractivity contribution in [1.29, 1.82) is 0 Å². The zero-order valence-electron chi connectivity index (χ0n) is 13.0. The van der Waals surface area contributed by atoms with Gasteiger partial charge in [-0.2, -0.15) is 0 Å². The van der Waals surface area contributed by atoms with Gasteiger partial charge in [0.15, 0.2) is 0 Å². The van der Waals surface area contributed by atoms with E-state index in [1.165, 1.54) is 11.8 Å². The number of carbonyl (C=O) groups is 2. The number of amides is 2. The Hall–Kier alpha value is -0.790. The molecule has 3 heterocycles. The van der Waals surface area contributed by atoms with E-state index < -0.39 is 0 Å². The smallest absolute Gasteiger partial charge is 0.282 e. The number of rotatable bonds is 4. The first kappa shape index (κ1) is 16.1. The van der Waals surface area contributed by atoms with Crippen molar-refractivity contribution in [2.45, 2.75) is 12.8 Å². The van der Waals surface area contributed by atoms with Crippen molar-refractivity contribution in [3.63, 3.8) is 0 Å². The molecule has 3 saturated heterocycles. The second-order valence-electron chi connectivity index (χ2n) is 6.27. The highest BCUT2D eigenvalue weighted by Crippen LogP contribution is 2.21. The molecule has 6 nitrogen and oxygen atoms in total. The molecule has 3 rings (SSSR count). The molecule has 3 aliphatic rings. The first-order valence-electron chi connectivity index (χ1n) is 8.22. The van der Waals surface area contributed by atoms with Gasteiger partial charge >= 0.3 is 0 Å². The van der Waals surface area contributed by atoms with Gasteiger partial charge in [-0.1, -0.05) is 11.8 Å². The van der Waals surface area contributed by atoms with Crippen LogP contribution in [0.25, 0.3) is 0 Å². The topological polar surface area (TPSA) is 53.1 Å². The fourth-order valence-corrected chi connectivity index (χ4v) is 4.17. The average molecular weight is 327 g/mol. The van der Waals surface area contributed by atoms with Crippen molar-refractivity contribution in [2.24, 2.45) is 5.92 Å². The molecule has 2 amide bonds. The second kappa shape index (κ2) is 7.66. The predicted molar refractivity (Wildman–Crippen MR) is 86.0 cm³/mol. The first-order chi connectivity index (χ1) is 10.7. The Morgan fingerprint density at radius 3 is 2.50 bits per heavy atom. The van der Waals surface area contributed by atoms with Gasteiger partial charge in [-0.25, -0.2) is 0 Å². The molecule has 3 aliphatic heterocycles. The predicted octanol–water partition coefficient (Wildman–Crippen LogP) is 0.726. The number of ether oxygens (including phenoxy) is 1. The highest BCUT2D eigenvalue weighted by atomic mass is 32.2. The maximum absolute atomic E-state index is 12.3. The lowest BCUT2D eigenvalue weighted by atomic mass is 9.96. The Morgan fingerprint density at radius 2 is 1.86 bits per heavy atom. The summed E-state index contributed by atoms with van der Waals surface area (Å²) in [5, 5.41) is 0.0514. The Balaban J connectivity index is 1.39. The number of hydrogen-bond donors (Lipinski definition) is 0. The van der Waals surface area contributed by atoms with Gasteiger partial charge in [0.25, 0.3) is 5.24 Å². The molecule has 0 aromatic heterocycles. The minimum absolute atomic E-state index is 0.0514. The number of thioether (sulfide) groups is 1. The summed E-state index contributed by atoms with van der Waals surface area (Å²) in [5.74, 6) is 1.61. The zero-order chi connectivity index (χ0) is 15.4. The Labute approximate surface area is 136 Å². The Morgan fingerprint density at radius 1 is 1.14 bits per heavy atom. The molecule has 0 aliphatic carbocycles. The summed E-state index contributed by atoms with van der Waals surface area (Å²) in [7, 11) is 0. The molecule has 0 N–H and O–H groups in total. The standard InChI is InChI=1S/C15H25N3O3S/c19-14(12-18-7-10-22-15(18)20)17-3-1-13(2-4-17)11-16-5-8-21-9-6-16/h13H,1-12H2. The summed E-state index contributed by atoms with van der Waals surface area (Å²) in [4.78, 5) is 29.9. The summed E-state index contributed by atoms with van der Waals surface area (Å²) in [6.45, 7) is 7.54. The van der Waals surface area contributed by atoms with Crippen LogP contribution >= 0.6 is 11.8 Å². The molecule has 22 heavy (non-hydrogen) atoms. The molecule has 0 spiro atoms. The molecule has 0 unspecified atom stereocenters. The van der Waals surface area contributed by atoms with E-state index >= 15 is 0 Å². The molecule has 0 aromatic carbocycles. The molecule has 124 valence electrons. The van der Waals surface area contributed by atoms with E-state index in [1.54, 1.807) is 4.90 Å². The lowest BCUT2D eigenvalue weighted by molar-refractivity contribution is -0.133. The summed E-state index contributed by atoms with van der Waals surface area (Å²) in [5.41, 5.74) is 0. The van der Waals surface area contributed by atoms with Gasteiger partial charge in [0.2, 0.25) is 5.91 Å². The number of morpholine rings is 1. The van der Waals surface area contributed by atoms with Gasteiger partial charge in [-0.3, -0.25) is 14.5 Å². The van der Waals surface area contributed by atoms with Gasteiger partial charge in [-0.15, -0.1) is 0 Å². The zero-order valence-corrected chi connectivity index (χ0v) is 13.9. The average Bonchev–Trinajstić information content (AvgIpc) is 2.94. The van der Waals surface area contributed by atoms with Crippen molar-refractivity contribution in [3.8, 4) is 0 Å². The van der Waals surface area contributed by atoms with Crippen LogP contribution < -0.4 is 0 Å². The maximum Gasteiger partial charge on any atom is 0.282 e. The van der Waals surface area contributed by atoms with Crippen molar-refractivity contribution in [1.82, 2.24) is 14.7 Å². The maximum atomic E-state index is 12.3. The van der Waals surface area contributed by atoms with Gasteiger partial charge in [0.05, 0.1) is 13.2 Å². The van der Waals surface area contributed by atoms with E-state index in [0.717, 1.165) is 64.5 Å². The molecule has 7 heteroatoms. The van der Waals surface area contributed by atoms with E-state index in [-0.39, 0.29) is 17.7 Å². The SMILES string of the molecule is O=C(CN1CCSC1=O)N1CCC(CN2CCOCC2)CC1. The van der Waals surface area contributed by atoms with Crippen LogP contribution in [-0.4, -0.2) is 90.6 Å². The molecule has 3 fully saturated rings. The number of hydrogen-bond acceptors (Lipinski definition) is 5. The van der Waals surface area contributed by atoms with E-state index in [0.29, 0.717) is 12.5 Å². The molecule has 0 atom stereocenters. The van der Waals surface area contributed by atoms with E-state index in [9.17, 15) is 9.59 Å². The van der Waals surface area contributed by atoms with Gasteiger partial charge < -0.3 is 14.5 Å². The molecule has 0 saturated carbocycles. The number of carbonyl (C=O) groups excluding carboxylic acids is 2. The lowest BCUT2D eigenvalue weighted by Gasteiger charge is -2.36. The van der Waals surface area contributed by atoms with Gasteiger partial charge in [-0.05, 0) is 18.8 Å². The van der Waals surface area contributed by atoms with Gasteiger partial charge in [0, 0.05) is 45.0 Å². The molecule has 0 radical (unpaired) electrons.